The second-order valence-corrected chi connectivity index (χ2v) is 7.90. The summed E-state index contributed by atoms with van der Waals surface area (Å²) in [4.78, 5) is 27.4. The minimum Gasteiger partial charge on any atom is -0.493 e. The quantitative estimate of drug-likeness (QED) is 0.658. The number of nitrogens with zero attached hydrogens (tertiary/aromatic N) is 1. The molecule has 0 unspecified atom stereocenters. The summed E-state index contributed by atoms with van der Waals surface area (Å²) in [5, 5.41) is 2.86. The van der Waals surface area contributed by atoms with E-state index in [-0.39, 0.29) is 17.9 Å². The predicted molar refractivity (Wildman–Crippen MR) is 123 cm³/mol. The van der Waals surface area contributed by atoms with E-state index in [1.54, 1.807) is 19.3 Å². The average molecular weight is 423 g/mol. The molecule has 0 bridgehead atoms. The molecule has 0 aliphatic carbocycles. The molecule has 164 valence electrons. The van der Waals surface area contributed by atoms with E-state index in [0.717, 1.165) is 37.1 Å². The van der Waals surface area contributed by atoms with E-state index in [1.807, 2.05) is 56.0 Å². The molecule has 31 heavy (non-hydrogen) atoms. The van der Waals surface area contributed by atoms with Crippen molar-refractivity contribution in [3.05, 3.63) is 59.2 Å². The fraction of sp³-hybridized carbons (Fsp3) is 0.360. The first-order valence-corrected chi connectivity index (χ1v) is 10.6. The van der Waals surface area contributed by atoms with Gasteiger partial charge in [0, 0.05) is 19.2 Å². The number of amides is 2. The van der Waals surface area contributed by atoms with Gasteiger partial charge >= 0.3 is 0 Å². The maximum Gasteiger partial charge on any atom is 0.256 e. The second kappa shape index (κ2) is 10.2. The Hall–Kier alpha value is -3.28. The molecule has 6 nitrogen and oxygen atoms in total. The average Bonchev–Trinajstić information content (AvgIpc) is 3.27. The van der Waals surface area contributed by atoms with Gasteiger partial charge in [0.2, 0.25) is 5.91 Å². The van der Waals surface area contributed by atoms with Crippen molar-refractivity contribution in [3.8, 4) is 11.5 Å². The van der Waals surface area contributed by atoms with E-state index in [9.17, 15) is 9.59 Å². The van der Waals surface area contributed by atoms with Crippen LogP contribution >= 0.6 is 0 Å². The molecule has 2 aromatic carbocycles. The lowest BCUT2D eigenvalue weighted by Gasteiger charge is -2.19. The van der Waals surface area contributed by atoms with Gasteiger partial charge in [0.25, 0.3) is 5.91 Å². The van der Waals surface area contributed by atoms with Gasteiger partial charge in [-0.15, -0.1) is 0 Å². The Balaban J connectivity index is 1.74. The third kappa shape index (κ3) is 5.66. The summed E-state index contributed by atoms with van der Waals surface area (Å²) < 4.78 is 11.1. The Morgan fingerprint density at radius 1 is 1.10 bits per heavy atom. The molecule has 3 rings (SSSR count). The first-order chi connectivity index (χ1) is 14.9. The highest BCUT2D eigenvalue weighted by atomic mass is 16.5. The Bertz CT molecular complexity index is 975. The number of aryl methyl sites for hydroxylation is 1. The number of hydrogen-bond acceptors (Lipinski definition) is 4. The van der Waals surface area contributed by atoms with Gasteiger partial charge in [0.15, 0.2) is 11.5 Å². The van der Waals surface area contributed by atoms with Crippen molar-refractivity contribution in [1.29, 1.82) is 0 Å². The van der Waals surface area contributed by atoms with Gasteiger partial charge in [0.05, 0.1) is 24.5 Å². The van der Waals surface area contributed by atoms with Crippen molar-refractivity contribution in [1.82, 2.24) is 4.90 Å². The van der Waals surface area contributed by atoms with Crippen LogP contribution in [0.3, 0.4) is 0 Å². The zero-order valence-electron chi connectivity index (χ0n) is 18.6. The van der Waals surface area contributed by atoms with Crippen LogP contribution in [-0.2, 0) is 4.79 Å². The molecular formula is C25H30N2O4. The third-order valence-electron chi connectivity index (χ3n) is 5.12. The number of rotatable bonds is 7. The number of carbonyl (C=O) groups is 2. The Labute approximate surface area is 183 Å². The highest BCUT2D eigenvalue weighted by molar-refractivity contribution is 6.08. The number of ether oxygens (including phenoxy) is 2. The summed E-state index contributed by atoms with van der Waals surface area (Å²) in [6.45, 7) is 7.32. The molecule has 1 fully saturated rings. The van der Waals surface area contributed by atoms with Crippen LogP contribution in [0.2, 0.25) is 0 Å². The van der Waals surface area contributed by atoms with Crippen LogP contribution < -0.4 is 14.8 Å². The first kappa shape index (κ1) is 22.4. The van der Waals surface area contributed by atoms with E-state index < -0.39 is 0 Å². The topological polar surface area (TPSA) is 67.9 Å². The third-order valence-corrected chi connectivity index (χ3v) is 5.12. The fourth-order valence-corrected chi connectivity index (χ4v) is 3.62. The normalized spacial score (nSPS) is 13.6. The Kier molecular flexibility index (Phi) is 7.34. The molecule has 1 N–H and O–H groups in total. The number of carbonyl (C=O) groups excluding carboxylic acids is 2. The number of benzene rings is 2. The number of hydrogen-bond donors (Lipinski definition) is 1. The monoisotopic (exact) mass is 422 g/mol. The maximum atomic E-state index is 13.0. The van der Waals surface area contributed by atoms with Crippen LogP contribution in [0, 0.1) is 6.92 Å². The van der Waals surface area contributed by atoms with Crippen LogP contribution in [0.1, 0.15) is 48.2 Å². The van der Waals surface area contributed by atoms with E-state index in [1.165, 1.54) is 6.08 Å². The van der Waals surface area contributed by atoms with Gasteiger partial charge in [-0.05, 0) is 69.0 Å². The lowest BCUT2D eigenvalue weighted by Crippen LogP contribution is -2.29. The summed E-state index contributed by atoms with van der Waals surface area (Å²) in [5.74, 6) is 0.931. The summed E-state index contributed by atoms with van der Waals surface area (Å²) >= 11 is 0. The van der Waals surface area contributed by atoms with Crippen LogP contribution in [0.25, 0.3) is 6.08 Å². The van der Waals surface area contributed by atoms with Gasteiger partial charge in [0.1, 0.15) is 0 Å². The minimum absolute atomic E-state index is 0.0274. The first-order valence-electron chi connectivity index (χ1n) is 10.6. The fourth-order valence-electron chi connectivity index (χ4n) is 3.62. The summed E-state index contributed by atoms with van der Waals surface area (Å²) in [7, 11) is 1.58. The zero-order valence-corrected chi connectivity index (χ0v) is 18.6. The Morgan fingerprint density at radius 2 is 1.84 bits per heavy atom. The molecule has 1 aliphatic rings. The summed E-state index contributed by atoms with van der Waals surface area (Å²) in [6.07, 6.45) is 5.23. The van der Waals surface area contributed by atoms with Gasteiger partial charge in [-0.3, -0.25) is 9.59 Å². The number of likely N-dealkylation sites (tertiary alicyclic amines) is 1. The van der Waals surface area contributed by atoms with Gasteiger partial charge in [-0.25, -0.2) is 0 Å². The van der Waals surface area contributed by atoms with E-state index >= 15 is 0 Å². The Morgan fingerprint density at radius 3 is 2.52 bits per heavy atom. The molecule has 0 aromatic heterocycles. The minimum atomic E-state index is -0.303. The molecule has 0 spiro atoms. The van der Waals surface area contributed by atoms with Crippen molar-refractivity contribution < 1.29 is 19.1 Å². The number of nitrogens with one attached hydrogen (secondary N) is 1. The smallest absolute Gasteiger partial charge is 0.256 e. The van der Waals surface area contributed by atoms with Crippen molar-refractivity contribution in [2.75, 3.05) is 25.5 Å². The molecule has 0 radical (unpaired) electrons. The zero-order chi connectivity index (χ0) is 22.4. The molecular weight excluding hydrogens is 392 g/mol. The largest absolute Gasteiger partial charge is 0.493 e. The lowest BCUT2D eigenvalue weighted by molar-refractivity contribution is -0.111. The number of anilines is 1. The summed E-state index contributed by atoms with van der Waals surface area (Å²) in [5.41, 5.74) is 2.75. The van der Waals surface area contributed by atoms with Gasteiger partial charge in [-0.2, -0.15) is 0 Å². The predicted octanol–water partition coefficient (Wildman–Crippen LogP) is 4.68. The molecule has 2 amide bonds. The maximum absolute atomic E-state index is 13.0. The molecule has 1 aliphatic heterocycles. The van der Waals surface area contributed by atoms with Crippen LogP contribution in [-0.4, -0.2) is 43.0 Å². The second-order valence-electron chi connectivity index (χ2n) is 7.90. The highest BCUT2D eigenvalue weighted by Gasteiger charge is 2.23. The molecule has 1 heterocycles. The van der Waals surface area contributed by atoms with E-state index in [4.69, 9.17) is 9.47 Å². The highest BCUT2D eigenvalue weighted by Crippen LogP contribution is 2.29. The van der Waals surface area contributed by atoms with Gasteiger partial charge in [-0.1, -0.05) is 18.2 Å². The van der Waals surface area contributed by atoms with Crippen molar-refractivity contribution in [2.24, 2.45) is 0 Å². The van der Waals surface area contributed by atoms with Crippen molar-refractivity contribution >= 4 is 23.6 Å². The molecule has 2 aromatic rings. The lowest BCUT2D eigenvalue weighted by atomic mass is 10.0. The van der Waals surface area contributed by atoms with Gasteiger partial charge < -0.3 is 19.7 Å². The molecule has 0 saturated carbocycles. The van der Waals surface area contributed by atoms with Crippen molar-refractivity contribution in [2.45, 2.75) is 39.7 Å². The van der Waals surface area contributed by atoms with Crippen LogP contribution in [0.5, 0.6) is 11.5 Å². The molecule has 1 saturated heterocycles. The standard InChI is InChI=1S/C25H30N2O4/c1-17(2)31-21-12-10-19(16-22(21)30-4)11-13-23(28)26-20-9-7-8-18(3)24(20)25(29)27-14-5-6-15-27/h7-13,16-17H,5-6,14-15H2,1-4H3,(H,26,28)/b13-11+. The molecule has 0 atom stereocenters. The molecule has 6 heteroatoms. The summed E-state index contributed by atoms with van der Waals surface area (Å²) in [6, 6.07) is 11.0. The number of methoxy groups -OCH3 is 1. The van der Waals surface area contributed by atoms with Crippen LogP contribution in [0.4, 0.5) is 5.69 Å². The van der Waals surface area contributed by atoms with E-state index in [2.05, 4.69) is 5.32 Å². The SMILES string of the molecule is COc1cc(/C=C/C(=O)Nc2cccc(C)c2C(=O)N2CCCC2)ccc1OC(C)C. The van der Waals surface area contributed by atoms with Crippen LogP contribution in [0.15, 0.2) is 42.5 Å². The van der Waals surface area contributed by atoms with E-state index in [0.29, 0.717) is 22.7 Å². The van der Waals surface area contributed by atoms with Crippen molar-refractivity contribution in [3.63, 3.8) is 0 Å².